The summed E-state index contributed by atoms with van der Waals surface area (Å²) >= 11 is 8.82. The van der Waals surface area contributed by atoms with Crippen LogP contribution in [0.5, 0.6) is 0 Å². The summed E-state index contributed by atoms with van der Waals surface area (Å²) in [6.45, 7) is 8.71. The SMILES string of the molecule is CC.CC(=O)[C@@H](N)CCCCN.CC(=O)[C@@H](N)CCCCNC(=O)CCN1C(=O)C=CC1=O.N[C@@H](CCCCNC(=O)CCN1C(=O)C=CC1=O)C(=O)O.S=PP=S. The van der Waals surface area contributed by atoms with E-state index < -0.39 is 29.9 Å². The van der Waals surface area contributed by atoms with Gasteiger partial charge in [0.05, 0.1) is 12.1 Å². The highest BCUT2D eigenvalue weighted by Crippen LogP contribution is 2.10. The summed E-state index contributed by atoms with van der Waals surface area (Å²) in [7, 11) is 1.74. The standard InChI is InChI=1S/C14H21N3O4.C13H19N3O5.C7H16N2O.C2H6.P2S2/c1-10(18)11(15)4-2-3-8-16-12(19)7-9-17-13(20)5-6-14(17)21;14-9(13(20)21)3-1-2-7-15-10(17)6-8-16-11(18)4-5-12(16)19;1-6(10)7(9)4-2-3-5-8;1-2;3-1-2-4/h5-6,11H,2-4,7-9,15H2,1H3,(H,16,19);4-5,9H,1-3,6-8,14H2,(H,15,17)(H,20,21);7H,2-5,8-9H2,1H3;1-2H3;/t11-;9-;7-;;/m000../s1. The molecule has 2 aliphatic rings. The van der Waals surface area contributed by atoms with Gasteiger partial charge in [-0.15, -0.1) is 0 Å². The minimum absolute atomic E-state index is 0.0346. The minimum atomic E-state index is -1.03. The lowest BCUT2D eigenvalue weighted by Crippen LogP contribution is -2.35. The van der Waals surface area contributed by atoms with Crippen molar-refractivity contribution in [3.63, 3.8) is 0 Å². The first-order valence-electron chi connectivity index (χ1n) is 18.9. The van der Waals surface area contributed by atoms with E-state index in [-0.39, 0.29) is 67.2 Å². The Morgan fingerprint density at radius 2 is 0.931 bits per heavy atom. The molecule has 0 saturated heterocycles. The second-order valence-electron chi connectivity index (χ2n) is 12.3. The van der Waals surface area contributed by atoms with Crippen LogP contribution >= 0.6 is 14.1 Å². The molecule has 0 bridgehead atoms. The predicted molar refractivity (Wildman–Crippen MR) is 230 cm³/mol. The molecule has 0 unspecified atom stereocenters. The van der Waals surface area contributed by atoms with Gasteiger partial charge in [-0.05, 0) is 95.4 Å². The maximum atomic E-state index is 11.6. The highest BCUT2D eigenvalue weighted by Gasteiger charge is 2.24. The molecule has 2 aliphatic heterocycles. The number of imide groups is 2. The van der Waals surface area contributed by atoms with E-state index in [2.05, 4.69) is 34.2 Å². The maximum absolute atomic E-state index is 11.6. The van der Waals surface area contributed by atoms with Crippen LogP contribution in [0.3, 0.4) is 0 Å². The zero-order valence-corrected chi connectivity index (χ0v) is 37.3. The van der Waals surface area contributed by atoms with Gasteiger partial charge in [0, 0.05) is 77.4 Å². The van der Waals surface area contributed by atoms with Gasteiger partial charge in [-0.25, -0.2) is 0 Å². The van der Waals surface area contributed by atoms with E-state index >= 15 is 0 Å². The Bertz CT molecular complexity index is 1300. The summed E-state index contributed by atoms with van der Waals surface area (Å²) in [6.07, 6.45) is 11.2. The summed E-state index contributed by atoms with van der Waals surface area (Å²) in [6, 6.07) is -1.58. The van der Waals surface area contributed by atoms with Crippen LogP contribution in [-0.4, -0.2) is 119 Å². The average molecular weight is 893 g/mol. The molecule has 0 radical (unpaired) electrons. The fraction of sp³-hybridized carbons (Fsp3) is 0.639. The third-order valence-corrected chi connectivity index (χ3v) is 10.5. The summed E-state index contributed by atoms with van der Waals surface area (Å²) < 4.78 is 0. The highest BCUT2D eigenvalue weighted by molar-refractivity contribution is 8.40. The fourth-order valence-corrected chi connectivity index (χ4v) is 4.38. The number of carboxylic acids is 1. The van der Waals surface area contributed by atoms with E-state index in [0.717, 1.165) is 56.0 Å². The smallest absolute Gasteiger partial charge is 0.320 e. The second-order valence-corrected chi connectivity index (χ2v) is 16.6. The Morgan fingerprint density at radius 1 is 0.621 bits per heavy atom. The zero-order valence-electron chi connectivity index (χ0n) is 33.9. The van der Waals surface area contributed by atoms with Crippen LogP contribution in [0.15, 0.2) is 24.3 Å². The quantitative estimate of drug-likeness (QED) is 0.0408. The van der Waals surface area contributed by atoms with Gasteiger partial charge in [-0.1, -0.05) is 20.3 Å². The van der Waals surface area contributed by atoms with Gasteiger partial charge in [-0.3, -0.25) is 53.0 Å². The summed E-state index contributed by atoms with van der Waals surface area (Å²) in [4.78, 5) is 102. The molecule has 58 heavy (non-hydrogen) atoms. The molecule has 0 aliphatic carbocycles. The number of amides is 6. The molecule has 22 heteroatoms. The number of ketones is 2. The van der Waals surface area contributed by atoms with Crippen molar-refractivity contribution in [3.8, 4) is 0 Å². The van der Waals surface area contributed by atoms with Gasteiger partial charge in [0.1, 0.15) is 17.6 Å². The number of nitrogens with zero attached hydrogens (tertiary/aromatic N) is 2. The monoisotopic (exact) mass is 892 g/mol. The number of nitrogens with one attached hydrogen (secondary N) is 2. The van der Waals surface area contributed by atoms with Crippen LogP contribution in [0, 0.1) is 0 Å². The molecule has 0 aromatic heterocycles. The number of nitrogens with two attached hydrogens (primary N) is 4. The zero-order chi connectivity index (χ0) is 45.1. The largest absolute Gasteiger partial charge is 0.480 e. The molecule has 328 valence electrons. The van der Waals surface area contributed by atoms with Crippen LogP contribution < -0.4 is 33.6 Å². The molecule has 0 aromatic rings. The molecule has 3 atom stereocenters. The lowest BCUT2D eigenvalue weighted by Gasteiger charge is -2.13. The molecular formula is C36H62N8O10P2S2. The van der Waals surface area contributed by atoms with E-state index in [1.165, 1.54) is 38.2 Å². The van der Waals surface area contributed by atoms with Crippen LogP contribution in [0.4, 0.5) is 0 Å². The lowest BCUT2D eigenvalue weighted by molar-refractivity contribution is -0.139. The first-order chi connectivity index (χ1) is 27.4. The number of unbranched alkanes of at least 4 members (excludes halogenated alkanes) is 3. The van der Waals surface area contributed by atoms with Crippen molar-refractivity contribution in [1.29, 1.82) is 0 Å². The number of hydrogen-bond donors (Lipinski definition) is 7. The Labute approximate surface area is 354 Å². The predicted octanol–water partition coefficient (Wildman–Crippen LogP) is 1.28. The molecular weight excluding hydrogens is 831 g/mol. The molecule has 11 N–H and O–H groups in total. The van der Waals surface area contributed by atoms with Crippen molar-refractivity contribution in [2.45, 2.75) is 116 Å². The third-order valence-electron chi connectivity index (χ3n) is 7.82. The minimum Gasteiger partial charge on any atom is -0.480 e. The van der Waals surface area contributed by atoms with Crippen molar-refractivity contribution < 1.29 is 48.3 Å². The Balaban J connectivity index is -0.000000768. The number of carboxylic acid groups (broad SMARTS) is 1. The van der Waals surface area contributed by atoms with Crippen LogP contribution in [-0.2, 0) is 66.8 Å². The van der Waals surface area contributed by atoms with Gasteiger partial charge in [0.15, 0.2) is 0 Å². The molecule has 0 fully saturated rings. The first kappa shape index (κ1) is 58.7. The molecule has 18 nitrogen and oxygen atoms in total. The van der Waals surface area contributed by atoms with Crippen LogP contribution in [0.25, 0.3) is 0 Å². The van der Waals surface area contributed by atoms with E-state index in [9.17, 15) is 43.2 Å². The van der Waals surface area contributed by atoms with Crippen molar-refractivity contribution in [2.75, 3.05) is 32.7 Å². The maximum Gasteiger partial charge on any atom is 0.320 e. The lowest BCUT2D eigenvalue weighted by atomic mass is 10.1. The van der Waals surface area contributed by atoms with E-state index in [1.54, 1.807) is 0 Å². The van der Waals surface area contributed by atoms with E-state index in [4.69, 9.17) is 28.0 Å². The van der Waals surface area contributed by atoms with Gasteiger partial charge >= 0.3 is 5.97 Å². The molecule has 0 saturated carbocycles. The summed E-state index contributed by atoms with van der Waals surface area (Å²) in [5.74, 6) is -3.05. The summed E-state index contributed by atoms with van der Waals surface area (Å²) in [5, 5.41) is 13.9. The average Bonchev–Trinajstić information content (AvgIpc) is 3.70. The normalized spacial score (nSPS) is 14.1. The number of aliphatic carboxylic acids is 1. The second kappa shape index (κ2) is 37.6. The van der Waals surface area contributed by atoms with Gasteiger partial charge in [0.25, 0.3) is 23.6 Å². The van der Waals surface area contributed by atoms with Gasteiger partial charge in [0.2, 0.25) is 11.8 Å². The number of rotatable bonds is 24. The Kier molecular flexibility index (Phi) is 38.1. The summed E-state index contributed by atoms with van der Waals surface area (Å²) in [5.41, 5.74) is 21.7. The van der Waals surface area contributed by atoms with Crippen molar-refractivity contribution in [2.24, 2.45) is 22.9 Å². The first-order valence-corrected chi connectivity index (χ1v) is 23.4. The number of Topliss-reactive ketones (excluding diaryl/α,β-unsaturated/α-hetero) is 2. The molecule has 0 aromatic carbocycles. The van der Waals surface area contributed by atoms with Crippen molar-refractivity contribution in [3.05, 3.63) is 24.3 Å². The van der Waals surface area contributed by atoms with Gasteiger partial charge < -0.3 is 38.7 Å². The van der Waals surface area contributed by atoms with Crippen molar-refractivity contribution in [1.82, 2.24) is 20.4 Å². The molecule has 2 heterocycles. The molecule has 0 spiro atoms. The number of hydrogen-bond acceptors (Lipinski definition) is 15. The van der Waals surface area contributed by atoms with E-state index in [0.29, 0.717) is 45.3 Å². The number of carbonyl (C=O) groups excluding carboxylic acids is 8. The fourth-order valence-electron chi connectivity index (χ4n) is 4.38. The third kappa shape index (κ3) is 31.4. The Hall–Kier alpha value is -3.61. The van der Waals surface area contributed by atoms with E-state index in [1.807, 2.05) is 13.8 Å². The van der Waals surface area contributed by atoms with Crippen LogP contribution in [0.1, 0.15) is 98.3 Å². The Morgan fingerprint density at radius 3 is 1.21 bits per heavy atom. The topological polar surface area (TPSA) is 308 Å². The van der Waals surface area contributed by atoms with Gasteiger partial charge in [-0.2, -0.15) is 0 Å². The molecule has 6 amide bonds. The number of carbonyl (C=O) groups is 9. The molecule has 2 rings (SSSR count). The van der Waals surface area contributed by atoms with Crippen LogP contribution in [0.2, 0.25) is 0 Å². The van der Waals surface area contributed by atoms with Crippen molar-refractivity contribution >= 4 is 90.7 Å². The highest BCUT2D eigenvalue weighted by atomic mass is 32.7.